The molecule has 0 amide bonds. The largest absolute Gasteiger partial charge is 0.394 e. The maximum atomic E-state index is 11.9. The van der Waals surface area contributed by atoms with Gasteiger partial charge in [-0.2, -0.15) is 0 Å². The van der Waals surface area contributed by atoms with Gasteiger partial charge in [-0.05, 0) is 12.3 Å². The molecular formula is C12H15N3O5S. The fourth-order valence-electron chi connectivity index (χ4n) is 2.43. The number of aliphatic hydroxyl groups excluding tert-OH is 3. The Kier molecular flexibility index (Phi) is 3.76. The van der Waals surface area contributed by atoms with E-state index in [4.69, 9.17) is 9.84 Å². The third-order valence-electron chi connectivity index (χ3n) is 3.54. The van der Waals surface area contributed by atoms with E-state index in [0.717, 1.165) is 0 Å². The van der Waals surface area contributed by atoms with Crippen molar-refractivity contribution in [1.29, 1.82) is 0 Å². The van der Waals surface area contributed by atoms with Crippen molar-refractivity contribution in [1.82, 2.24) is 14.5 Å². The summed E-state index contributed by atoms with van der Waals surface area (Å²) in [6.07, 6.45) is -0.833. The molecule has 0 bridgehead atoms. The molecular weight excluding hydrogens is 298 g/mol. The number of aromatic nitrogens is 3. The summed E-state index contributed by atoms with van der Waals surface area (Å²) in [4.78, 5) is 18.9. The lowest BCUT2D eigenvalue weighted by Gasteiger charge is -2.17. The number of thioether (sulfide) groups is 1. The van der Waals surface area contributed by atoms with E-state index in [1.807, 2.05) is 0 Å². The van der Waals surface area contributed by atoms with E-state index in [2.05, 4.69) is 9.97 Å². The molecule has 0 aromatic carbocycles. The number of fused-ring (bicyclic) bond motifs is 1. The molecule has 3 rings (SSSR count). The molecule has 1 fully saturated rings. The number of nitrogens with one attached hydrogen (secondary N) is 1. The van der Waals surface area contributed by atoms with Crippen LogP contribution in [0.3, 0.4) is 0 Å². The third-order valence-corrected chi connectivity index (χ3v) is 4.12. The Morgan fingerprint density at radius 2 is 2.24 bits per heavy atom. The summed E-state index contributed by atoms with van der Waals surface area (Å²) >= 11 is 1.29. The number of nitrogens with zero attached hydrogens (tertiary/aromatic N) is 2. The van der Waals surface area contributed by atoms with Crippen LogP contribution >= 0.6 is 11.8 Å². The second kappa shape index (κ2) is 5.43. The maximum absolute atomic E-state index is 11.9. The molecule has 0 radical (unpaired) electrons. The average molecular weight is 313 g/mol. The first-order chi connectivity index (χ1) is 10.1. The number of hydrogen-bond acceptors (Lipinski definition) is 7. The SMILES string of the molecule is CSc1nc2c(ccn2[C@@H]2O[C@H](CO)[C@@H](O)[C@H]2O)c(=O)[nH]1. The van der Waals surface area contributed by atoms with Crippen molar-refractivity contribution in [2.75, 3.05) is 12.9 Å². The van der Waals surface area contributed by atoms with Crippen LogP contribution in [0.5, 0.6) is 0 Å². The summed E-state index contributed by atoms with van der Waals surface area (Å²) in [5.74, 6) is 0. The van der Waals surface area contributed by atoms with Gasteiger partial charge in [0.25, 0.3) is 5.56 Å². The summed E-state index contributed by atoms with van der Waals surface area (Å²) in [7, 11) is 0. The molecule has 3 heterocycles. The monoisotopic (exact) mass is 313 g/mol. The van der Waals surface area contributed by atoms with Crippen LogP contribution in [0.4, 0.5) is 0 Å². The first-order valence-electron chi connectivity index (χ1n) is 6.34. The highest BCUT2D eigenvalue weighted by atomic mass is 32.2. The van der Waals surface area contributed by atoms with Crippen molar-refractivity contribution in [3.05, 3.63) is 22.6 Å². The third kappa shape index (κ3) is 2.27. The number of rotatable bonds is 3. The maximum Gasteiger partial charge on any atom is 0.261 e. The highest BCUT2D eigenvalue weighted by molar-refractivity contribution is 7.98. The molecule has 0 spiro atoms. The van der Waals surface area contributed by atoms with Gasteiger partial charge in [-0.15, -0.1) is 0 Å². The van der Waals surface area contributed by atoms with Gasteiger partial charge in [-0.25, -0.2) is 4.98 Å². The molecule has 4 atom stereocenters. The number of aromatic amines is 1. The molecule has 1 saturated heterocycles. The smallest absolute Gasteiger partial charge is 0.261 e. The van der Waals surface area contributed by atoms with Crippen molar-refractivity contribution in [2.45, 2.75) is 29.7 Å². The molecule has 0 unspecified atom stereocenters. The van der Waals surface area contributed by atoms with E-state index in [9.17, 15) is 15.0 Å². The highest BCUT2D eigenvalue weighted by Gasteiger charge is 2.43. The van der Waals surface area contributed by atoms with E-state index in [1.54, 1.807) is 18.5 Å². The lowest BCUT2D eigenvalue weighted by Crippen LogP contribution is -2.33. The summed E-state index contributed by atoms with van der Waals surface area (Å²) in [6, 6.07) is 1.57. The van der Waals surface area contributed by atoms with Gasteiger partial charge in [0.2, 0.25) is 0 Å². The fraction of sp³-hybridized carbons (Fsp3) is 0.500. The van der Waals surface area contributed by atoms with Crippen LogP contribution in [0.2, 0.25) is 0 Å². The van der Waals surface area contributed by atoms with Crippen LogP contribution in [0.15, 0.2) is 22.2 Å². The van der Waals surface area contributed by atoms with Gasteiger partial charge in [-0.1, -0.05) is 11.8 Å². The Bertz CT molecular complexity index is 714. The predicted octanol–water partition coefficient (Wildman–Crippen LogP) is -0.942. The zero-order valence-electron chi connectivity index (χ0n) is 11.1. The number of H-pyrrole nitrogens is 1. The van der Waals surface area contributed by atoms with Crippen LogP contribution < -0.4 is 5.56 Å². The molecule has 1 aliphatic rings. The summed E-state index contributed by atoms with van der Waals surface area (Å²) in [5.41, 5.74) is 0.0767. The Labute approximate surface area is 123 Å². The van der Waals surface area contributed by atoms with E-state index < -0.39 is 31.1 Å². The van der Waals surface area contributed by atoms with Crippen LogP contribution in [-0.4, -0.2) is 61.0 Å². The summed E-state index contributed by atoms with van der Waals surface area (Å²) < 4.78 is 6.95. The Morgan fingerprint density at radius 1 is 1.48 bits per heavy atom. The van der Waals surface area contributed by atoms with Gasteiger partial charge in [0, 0.05) is 6.20 Å². The zero-order chi connectivity index (χ0) is 15.1. The van der Waals surface area contributed by atoms with Gasteiger partial charge < -0.3 is 29.6 Å². The van der Waals surface area contributed by atoms with Gasteiger partial charge in [-0.3, -0.25) is 4.79 Å². The van der Waals surface area contributed by atoms with E-state index in [1.165, 1.54) is 16.3 Å². The molecule has 4 N–H and O–H groups in total. The second-order valence-electron chi connectivity index (χ2n) is 4.76. The zero-order valence-corrected chi connectivity index (χ0v) is 11.9. The van der Waals surface area contributed by atoms with Crippen molar-refractivity contribution in [3.8, 4) is 0 Å². The van der Waals surface area contributed by atoms with Gasteiger partial charge in [0.1, 0.15) is 18.3 Å². The fourth-order valence-corrected chi connectivity index (χ4v) is 2.81. The Morgan fingerprint density at radius 3 is 2.86 bits per heavy atom. The number of hydrogen-bond donors (Lipinski definition) is 4. The van der Waals surface area contributed by atoms with Crippen molar-refractivity contribution in [3.63, 3.8) is 0 Å². The first-order valence-corrected chi connectivity index (χ1v) is 7.56. The highest BCUT2D eigenvalue weighted by Crippen LogP contribution is 2.31. The molecule has 114 valence electrons. The normalized spacial score (nSPS) is 29.3. The lowest BCUT2D eigenvalue weighted by molar-refractivity contribution is -0.0509. The number of aliphatic hydroxyl groups is 3. The lowest BCUT2D eigenvalue weighted by atomic mass is 10.1. The molecule has 0 aliphatic carbocycles. The summed E-state index contributed by atoms with van der Waals surface area (Å²) in [6.45, 7) is -0.405. The minimum absolute atomic E-state index is 0.283. The molecule has 2 aromatic rings. The first kappa shape index (κ1) is 14.5. The van der Waals surface area contributed by atoms with Crippen LogP contribution in [0.1, 0.15) is 6.23 Å². The van der Waals surface area contributed by atoms with Crippen LogP contribution in [0.25, 0.3) is 11.0 Å². The minimum atomic E-state index is -1.21. The Hall–Kier alpha value is -1.39. The van der Waals surface area contributed by atoms with Crippen molar-refractivity contribution >= 4 is 22.8 Å². The average Bonchev–Trinajstić information content (AvgIpc) is 3.02. The van der Waals surface area contributed by atoms with Gasteiger partial charge in [0.15, 0.2) is 17.0 Å². The van der Waals surface area contributed by atoms with Crippen molar-refractivity contribution < 1.29 is 20.1 Å². The number of ether oxygens (including phenoxy) is 1. The Balaban J connectivity index is 2.09. The molecule has 2 aromatic heterocycles. The standard InChI is InChI=1S/C12H15N3O5S/c1-21-12-13-9-5(10(19)14-12)2-3-15(9)11-8(18)7(17)6(4-16)20-11/h2-3,6-8,11,16-18H,4H2,1H3,(H,13,14,19)/t6-,7-,8-,11-/m1/s1. The molecule has 0 saturated carbocycles. The van der Waals surface area contributed by atoms with Gasteiger partial charge in [0.05, 0.1) is 12.0 Å². The van der Waals surface area contributed by atoms with E-state index >= 15 is 0 Å². The minimum Gasteiger partial charge on any atom is -0.394 e. The topological polar surface area (TPSA) is 121 Å². The van der Waals surface area contributed by atoms with Crippen LogP contribution in [0, 0.1) is 0 Å². The van der Waals surface area contributed by atoms with Crippen LogP contribution in [-0.2, 0) is 4.74 Å². The molecule has 21 heavy (non-hydrogen) atoms. The molecule has 8 nitrogen and oxygen atoms in total. The quantitative estimate of drug-likeness (QED) is 0.426. The molecule has 9 heteroatoms. The van der Waals surface area contributed by atoms with Gasteiger partial charge >= 0.3 is 0 Å². The van der Waals surface area contributed by atoms with E-state index in [0.29, 0.717) is 16.2 Å². The van der Waals surface area contributed by atoms with Crippen molar-refractivity contribution in [2.24, 2.45) is 0 Å². The van der Waals surface area contributed by atoms with E-state index in [-0.39, 0.29) is 5.56 Å². The molecule has 1 aliphatic heterocycles. The predicted molar refractivity (Wildman–Crippen MR) is 75.1 cm³/mol. The summed E-state index contributed by atoms with van der Waals surface area (Å²) in [5, 5.41) is 29.8. The second-order valence-corrected chi connectivity index (χ2v) is 5.56.